The molecule has 1 aliphatic heterocycles. The van der Waals surface area contributed by atoms with E-state index in [2.05, 4.69) is 24.4 Å². The lowest BCUT2D eigenvalue weighted by molar-refractivity contribution is 0.112. The normalized spacial score (nSPS) is 47.9. The third-order valence-electron chi connectivity index (χ3n) is 4.43. The monoisotopic (exact) mass is 207 g/mol. The van der Waals surface area contributed by atoms with E-state index in [4.69, 9.17) is 4.74 Å². The predicted molar refractivity (Wildman–Crippen MR) is 60.7 cm³/mol. The molecule has 1 heterocycles. The van der Waals surface area contributed by atoms with Gasteiger partial charge < -0.3 is 10.1 Å². The van der Waals surface area contributed by atoms with Gasteiger partial charge in [-0.25, -0.2) is 0 Å². The molecule has 1 saturated heterocycles. The standard InChI is InChI=1S/C13H21NO/c1-9-13(4-5-15-9)14-8-12-7-10-2-3-11(12)6-10/h2-3,9-14H,4-8H2,1H3. The highest BCUT2D eigenvalue weighted by Crippen LogP contribution is 2.43. The number of rotatable bonds is 3. The molecule has 0 aromatic rings. The maximum Gasteiger partial charge on any atom is 0.0700 e. The minimum atomic E-state index is 0.416. The van der Waals surface area contributed by atoms with Gasteiger partial charge in [-0.1, -0.05) is 12.2 Å². The fourth-order valence-electron chi connectivity index (χ4n) is 3.43. The zero-order valence-corrected chi connectivity index (χ0v) is 9.49. The first-order valence-corrected chi connectivity index (χ1v) is 6.36. The van der Waals surface area contributed by atoms with E-state index in [9.17, 15) is 0 Å². The van der Waals surface area contributed by atoms with Crippen molar-refractivity contribution in [1.29, 1.82) is 0 Å². The molecule has 0 spiro atoms. The Hall–Kier alpha value is -0.340. The lowest BCUT2D eigenvalue weighted by Crippen LogP contribution is -2.38. The number of fused-ring (bicyclic) bond motifs is 2. The molecule has 2 heteroatoms. The third kappa shape index (κ3) is 1.85. The Labute approximate surface area is 92.1 Å². The lowest BCUT2D eigenvalue weighted by Gasteiger charge is -2.22. The molecule has 2 fully saturated rings. The second-order valence-corrected chi connectivity index (χ2v) is 5.42. The van der Waals surface area contributed by atoms with Crippen LogP contribution in [0.25, 0.3) is 0 Å². The molecule has 2 aliphatic carbocycles. The van der Waals surface area contributed by atoms with Gasteiger partial charge in [-0.05, 0) is 50.5 Å². The Kier molecular flexibility index (Phi) is 2.57. The zero-order valence-electron chi connectivity index (χ0n) is 9.49. The van der Waals surface area contributed by atoms with Crippen LogP contribution < -0.4 is 5.32 Å². The van der Waals surface area contributed by atoms with Crippen molar-refractivity contribution < 1.29 is 4.74 Å². The molecule has 3 rings (SSSR count). The molecule has 84 valence electrons. The summed E-state index contributed by atoms with van der Waals surface area (Å²) in [5, 5.41) is 3.70. The van der Waals surface area contributed by atoms with Crippen molar-refractivity contribution in [2.45, 2.75) is 38.3 Å². The Bertz CT molecular complexity index is 263. The van der Waals surface area contributed by atoms with Crippen LogP contribution in [0.1, 0.15) is 26.2 Å². The Morgan fingerprint density at radius 2 is 2.27 bits per heavy atom. The highest BCUT2D eigenvalue weighted by atomic mass is 16.5. The highest BCUT2D eigenvalue weighted by Gasteiger charge is 2.36. The molecule has 5 unspecified atom stereocenters. The van der Waals surface area contributed by atoms with Crippen LogP contribution in [-0.2, 0) is 4.74 Å². The summed E-state index contributed by atoms with van der Waals surface area (Å²) >= 11 is 0. The van der Waals surface area contributed by atoms with Crippen molar-refractivity contribution in [3.8, 4) is 0 Å². The van der Waals surface area contributed by atoms with E-state index >= 15 is 0 Å². The molecule has 0 radical (unpaired) electrons. The molecule has 5 atom stereocenters. The van der Waals surface area contributed by atoms with E-state index in [0.29, 0.717) is 12.1 Å². The van der Waals surface area contributed by atoms with Crippen molar-refractivity contribution in [3.05, 3.63) is 12.2 Å². The van der Waals surface area contributed by atoms with Gasteiger partial charge in [-0.2, -0.15) is 0 Å². The summed E-state index contributed by atoms with van der Waals surface area (Å²) < 4.78 is 5.57. The van der Waals surface area contributed by atoms with E-state index in [-0.39, 0.29) is 0 Å². The molecular formula is C13H21NO. The van der Waals surface area contributed by atoms with Gasteiger partial charge in [0.1, 0.15) is 0 Å². The molecule has 0 aromatic heterocycles. The van der Waals surface area contributed by atoms with Gasteiger partial charge in [0.05, 0.1) is 6.10 Å². The number of hydrogen-bond acceptors (Lipinski definition) is 2. The maximum atomic E-state index is 5.57. The summed E-state index contributed by atoms with van der Waals surface area (Å²) in [5.41, 5.74) is 0. The average molecular weight is 207 g/mol. The maximum absolute atomic E-state index is 5.57. The third-order valence-corrected chi connectivity index (χ3v) is 4.43. The van der Waals surface area contributed by atoms with Crippen molar-refractivity contribution in [2.75, 3.05) is 13.2 Å². The fraction of sp³-hybridized carbons (Fsp3) is 0.846. The fourth-order valence-corrected chi connectivity index (χ4v) is 3.43. The summed E-state index contributed by atoms with van der Waals surface area (Å²) in [6, 6.07) is 0.605. The Balaban J connectivity index is 1.48. The smallest absolute Gasteiger partial charge is 0.0700 e. The molecule has 3 aliphatic rings. The van der Waals surface area contributed by atoms with E-state index in [1.54, 1.807) is 0 Å². The van der Waals surface area contributed by atoms with E-state index in [1.807, 2.05) is 0 Å². The first-order valence-electron chi connectivity index (χ1n) is 6.36. The second kappa shape index (κ2) is 3.91. The van der Waals surface area contributed by atoms with Crippen LogP contribution >= 0.6 is 0 Å². The summed E-state index contributed by atoms with van der Waals surface area (Å²) in [6.07, 6.45) is 9.30. The van der Waals surface area contributed by atoms with Crippen molar-refractivity contribution in [2.24, 2.45) is 17.8 Å². The van der Waals surface area contributed by atoms with Crippen LogP contribution in [0, 0.1) is 17.8 Å². The first-order chi connectivity index (χ1) is 7.33. The second-order valence-electron chi connectivity index (χ2n) is 5.42. The quantitative estimate of drug-likeness (QED) is 0.714. The van der Waals surface area contributed by atoms with Gasteiger partial charge in [0, 0.05) is 12.6 Å². The predicted octanol–water partition coefficient (Wildman–Crippen LogP) is 1.97. The van der Waals surface area contributed by atoms with Gasteiger partial charge in [0.25, 0.3) is 0 Å². The van der Waals surface area contributed by atoms with Crippen LogP contribution in [0.2, 0.25) is 0 Å². The summed E-state index contributed by atoms with van der Waals surface area (Å²) in [5.74, 6) is 2.67. The highest BCUT2D eigenvalue weighted by molar-refractivity contribution is 5.10. The Morgan fingerprint density at radius 1 is 1.33 bits per heavy atom. The Morgan fingerprint density at radius 3 is 2.87 bits per heavy atom. The number of allylic oxidation sites excluding steroid dienone is 2. The van der Waals surface area contributed by atoms with Crippen LogP contribution in [-0.4, -0.2) is 25.3 Å². The molecule has 0 aromatic carbocycles. The molecule has 1 saturated carbocycles. The molecular weight excluding hydrogens is 186 g/mol. The summed E-state index contributed by atoms with van der Waals surface area (Å²) in [6.45, 7) is 4.32. The largest absolute Gasteiger partial charge is 0.377 e. The molecule has 2 nitrogen and oxygen atoms in total. The summed E-state index contributed by atoms with van der Waals surface area (Å²) in [4.78, 5) is 0. The molecule has 15 heavy (non-hydrogen) atoms. The van der Waals surface area contributed by atoms with Gasteiger partial charge in [-0.3, -0.25) is 0 Å². The average Bonchev–Trinajstić information content (AvgIpc) is 2.90. The zero-order chi connectivity index (χ0) is 10.3. The minimum Gasteiger partial charge on any atom is -0.377 e. The van der Waals surface area contributed by atoms with Crippen LogP contribution in [0.15, 0.2) is 12.2 Å². The summed E-state index contributed by atoms with van der Waals surface area (Å²) in [7, 11) is 0. The van der Waals surface area contributed by atoms with Crippen LogP contribution in [0.5, 0.6) is 0 Å². The van der Waals surface area contributed by atoms with E-state index in [1.165, 1.54) is 25.8 Å². The minimum absolute atomic E-state index is 0.416. The topological polar surface area (TPSA) is 21.3 Å². The molecule has 2 bridgehead atoms. The van der Waals surface area contributed by atoms with Crippen molar-refractivity contribution >= 4 is 0 Å². The number of nitrogens with one attached hydrogen (secondary N) is 1. The van der Waals surface area contributed by atoms with E-state index in [0.717, 1.165) is 24.4 Å². The van der Waals surface area contributed by atoms with Gasteiger partial charge >= 0.3 is 0 Å². The lowest BCUT2D eigenvalue weighted by atomic mass is 9.93. The van der Waals surface area contributed by atoms with Crippen molar-refractivity contribution in [1.82, 2.24) is 5.32 Å². The number of hydrogen-bond donors (Lipinski definition) is 1. The van der Waals surface area contributed by atoms with Gasteiger partial charge in [0.15, 0.2) is 0 Å². The first kappa shape index (κ1) is 9.86. The van der Waals surface area contributed by atoms with E-state index < -0.39 is 0 Å². The van der Waals surface area contributed by atoms with Gasteiger partial charge in [0.2, 0.25) is 0 Å². The van der Waals surface area contributed by atoms with Crippen LogP contribution in [0.3, 0.4) is 0 Å². The molecule has 0 amide bonds. The molecule has 1 N–H and O–H groups in total. The van der Waals surface area contributed by atoms with Crippen LogP contribution in [0.4, 0.5) is 0 Å². The van der Waals surface area contributed by atoms with Gasteiger partial charge in [-0.15, -0.1) is 0 Å². The van der Waals surface area contributed by atoms with Crippen molar-refractivity contribution in [3.63, 3.8) is 0 Å². The SMILES string of the molecule is CC1OCCC1NCC1CC2C=CC1C2. The number of ether oxygens (including phenoxy) is 1.